The summed E-state index contributed by atoms with van der Waals surface area (Å²) in [5.41, 5.74) is 7.09. The molecular formula is C14H22FNO. The van der Waals surface area contributed by atoms with Crippen LogP contribution in [0.5, 0.6) is 5.75 Å². The van der Waals surface area contributed by atoms with Gasteiger partial charge < -0.3 is 10.5 Å². The van der Waals surface area contributed by atoms with E-state index in [4.69, 9.17) is 10.5 Å². The molecule has 96 valence electrons. The lowest BCUT2D eigenvalue weighted by Crippen LogP contribution is -2.02. The van der Waals surface area contributed by atoms with E-state index in [-0.39, 0.29) is 11.7 Å². The van der Waals surface area contributed by atoms with Gasteiger partial charge in [-0.1, -0.05) is 13.8 Å². The van der Waals surface area contributed by atoms with Crippen molar-refractivity contribution in [3.05, 3.63) is 29.1 Å². The third-order valence-electron chi connectivity index (χ3n) is 2.87. The fourth-order valence-electron chi connectivity index (χ4n) is 1.99. The molecule has 17 heavy (non-hydrogen) atoms. The molecule has 0 heterocycles. The van der Waals surface area contributed by atoms with E-state index in [1.54, 1.807) is 13.2 Å². The minimum Gasteiger partial charge on any atom is -0.496 e. The van der Waals surface area contributed by atoms with Crippen LogP contribution >= 0.6 is 0 Å². The Morgan fingerprint density at radius 1 is 1.29 bits per heavy atom. The van der Waals surface area contributed by atoms with Crippen LogP contribution in [0.2, 0.25) is 0 Å². The number of hydrogen-bond donors (Lipinski definition) is 1. The van der Waals surface area contributed by atoms with Crippen LogP contribution in [-0.4, -0.2) is 13.7 Å². The molecule has 0 saturated carbocycles. The fourth-order valence-corrected chi connectivity index (χ4v) is 1.99. The van der Waals surface area contributed by atoms with Crippen molar-refractivity contribution < 1.29 is 9.13 Å². The lowest BCUT2D eigenvalue weighted by atomic mass is 9.97. The van der Waals surface area contributed by atoms with Crippen molar-refractivity contribution in [3.63, 3.8) is 0 Å². The normalized spacial score (nSPS) is 10.9. The molecule has 0 saturated heterocycles. The number of methoxy groups -OCH3 is 1. The molecule has 0 bridgehead atoms. The smallest absolute Gasteiger partial charge is 0.130 e. The van der Waals surface area contributed by atoms with Gasteiger partial charge in [0.25, 0.3) is 0 Å². The first-order valence-electron chi connectivity index (χ1n) is 6.16. The molecule has 0 aliphatic heterocycles. The molecule has 3 heteroatoms. The summed E-state index contributed by atoms with van der Waals surface area (Å²) >= 11 is 0. The van der Waals surface area contributed by atoms with Gasteiger partial charge in [0.15, 0.2) is 0 Å². The Morgan fingerprint density at radius 2 is 2.00 bits per heavy atom. The maximum atomic E-state index is 14.0. The molecular weight excluding hydrogens is 217 g/mol. The monoisotopic (exact) mass is 239 g/mol. The molecule has 1 aromatic rings. The summed E-state index contributed by atoms with van der Waals surface area (Å²) in [6.45, 7) is 4.62. The van der Waals surface area contributed by atoms with Crippen LogP contribution in [-0.2, 0) is 6.42 Å². The second kappa shape index (κ2) is 6.60. The molecule has 0 aliphatic carbocycles. The number of aryl methyl sites for hydroxylation is 1. The van der Waals surface area contributed by atoms with Gasteiger partial charge in [0.1, 0.15) is 11.6 Å². The van der Waals surface area contributed by atoms with Crippen molar-refractivity contribution in [2.75, 3.05) is 13.7 Å². The number of halogens is 1. The van der Waals surface area contributed by atoms with Gasteiger partial charge in [0, 0.05) is 5.56 Å². The second-order valence-corrected chi connectivity index (χ2v) is 4.59. The van der Waals surface area contributed by atoms with Crippen LogP contribution in [0.25, 0.3) is 0 Å². The minimum atomic E-state index is -0.165. The van der Waals surface area contributed by atoms with Crippen molar-refractivity contribution in [1.29, 1.82) is 0 Å². The molecule has 0 radical (unpaired) electrons. The van der Waals surface area contributed by atoms with Gasteiger partial charge in [0.2, 0.25) is 0 Å². The van der Waals surface area contributed by atoms with E-state index in [1.807, 2.05) is 19.9 Å². The summed E-state index contributed by atoms with van der Waals surface area (Å²) in [6, 6.07) is 3.56. The Labute approximate surface area is 103 Å². The lowest BCUT2D eigenvalue weighted by molar-refractivity contribution is 0.400. The summed E-state index contributed by atoms with van der Waals surface area (Å²) in [4.78, 5) is 0. The molecule has 0 spiro atoms. The van der Waals surface area contributed by atoms with Gasteiger partial charge in [-0.05, 0) is 49.4 Å². The average Bonchev–Trinajstić information content (AvgIpc) is 2.27. The quantitative estimate of drug-likeness (QED) is 0.773. The van der Waals surface area contributed by atoms with Gasteiger partial charge in [-0.3, -0.25) is 0 Å². The molecule has 0 amide bonds. The van der Waals surface area contributed by atoms with E-state index < -0.39 is 0 Å². The highest BCUT2D eigenvalue weighted by Crippen LogP contribution is 2.30. The third-order valence-corrected chi connectivity index (χ3v) is 2.87. The van der Waals surface area contributed by atoms with Crippen molar-refractivity contribution >= 4 is 0 Å². The first-order valence-corrected chi connectivity index (χ1v) is 6.16. The van der Waals surface area contributed by atoms with Crippen LogP contribution in [0.1, 0.15) is 43.7 Å². The Morgan fingerprint density at radius 3 is 2.53 bits per heavy atom. The Kier molecular flexibility index (Phi) is 5.42. The largest absolute Gasteiger partial charge is 0.496 e. The van der Waals surface area contributed by atoms with Crippen LogP contribution in [0.3, 0.4) is 0 Å². The predicted molar refractivity (Wildman–Crippen MR) is 69.0 cm³/mol. The maximum absolute atomic E-state index is 14.0. The molecule has 0 aromatic heterocycles. The van der Waals surface area contributed by atoms with Crippen molar-refractivity contribution in [2.45, 2.75) is 39.0 Å². The van der Waals surface area contributed by atoms with E-state index in [0.717, 1.165) is 24.8 Å². The van der Waals surface area contributed by atoms with Gasteiger partial charge >= 0.3 is 0 Å². The fraction of sp³-hybridized carbons (Fsp3) is 0.571. The topological polar surface area (TPSA) is 35.2 Å². The zero-order valence-electron chi connectivity index (χ0n) is 10.9. The van der Waals surface area contributed by atoms with E-state index in [1.165, 1.54) is 0 Å². The predicted octanol–water partition coefficient (Wildman–Crippen LogP) is 3.24. The molecule has 0 fully saturated rings. The van der Waals surface area contributed by atoms with E-state index >= 15 is 0 Å². The lowest BCUT2D eigenvalue weighted by Gasteiger charge is -2.14. The number of hydrogen-bond acceptors (Lipinski definition) is 2. The number of rotatable bonds is 6. The van der Waals surface area contributed by atoms with E-state index in [2.05, 4.69) is 0 Å². The molecule has 2 N–H and O–H groups in total. The minimum absolute atomic E-state index is 0.128. The van der Waals surface area contributed by atoms with Crippen molar-refractivity contribution in [1.82, 2.24) is 0 Å². The number of benzene rings is 1. The molecule has 2 nitrogen and oxygen atoms in total. The van der Waals surface area contributed by atoms with Crippen LogP contribution in [0.15, 0.2) is 12.1 Å². The van der Waals surface area contributed by atoms with Gasteiger partial charge in [-0.2, -0.15) is 0 Å². The zero-order valence-corrected chi connectivity index (χ0v) is 10.9. The number of nitrogens with two attached hydrogens (primary N) is 1. The van der Waals surface area contributed by atoms with Gasteiger partial charge in [-0.15, -0.1) is 0 Å². The summed E-state index contributed by atoms with van der Waals surface area (Å²) in [7, 11) is 1.59. The molecule has 0 unspecified atom stereocenters. The van der Waals surface area contributed by atoms with Crippen molar-refractivity contribution in [3.8, 4) is 5.75 Å². The number of ether oxygens (including phenoxy) is 1. The van der Waals surface area contributed by atoms with E-state index in [9.17, 15) is 4.39 Å². The third kappa shape index (κ3) is 3.70. The van der Waals surface area contributed by atoms with Gasteiger partial charge in [-0.25, -0.2) is 4.39 Å². The standard InChI is InChI=1S/C14H22FNO/c1-10(2)14-12(15)8-11(6-4-5-7-16)9-13(14)17-3/h8-10H,4-7,16H2,1-3H3. The SMILES string of the molecule is COc1cc(CCCCN)cc(F)c1C(C)C. The van der Waals surface area contributed by atoms with Crippen molar-refractivity contribution in [2.24, 2.45) is 5.73 Å². The second-order valence-electron chi connectivity index (χ2n) is 4.59. The summed E-state index contributed by atoms with van der Waals surface area (Å²) in [6.07, 6.45) is 2.80. The Balaban J connectivity index is 2.92. The first kappa shape index (κ1) is 14.0. The summed E-state index contributed by atoms with van der Waals surface area (Å²) in [5, 5.41) is 0. The Hall–Kier alpha value is -1.09. The maximum Gasteiger partial charge on any atom is 0.130 e. The highest BCUT2D eigenvalue weighted by atomic mass is 19.1. The number of unbranched alkanes of at least 4 members (excludes halogenated alkanes) is 1. The van der Waals surface area contributed by atoms with E-state index in [0.29, 0.717) is 17.9 Å². The molecule has 0 atom stereocenters. The van der Waals surface area contributed by atoms with Gasteiger partial charge in [0.05, 0.1) is 7.11 Å². The van der Waals surface area contributed by atoms with Crippen LogP contribution in [0, 0.1) is 5.82 Å². The Bertz CT molecular complexity index is 363. The van der Waals surface area contributed by atoms with Crippen LogP contribution in [0.4, 0.5) is 4.39 Å². The average molecular weight is 239 g/mol. The first-order chi connectivity index (χ1) is 8.10. The molecule has 0 aliphatic rings. The highest BCUT2D eigenvalue weighted by molar-refractivity contribution is 5.40. The highest BCUT2D eigenvalue weighted by Gasteiger charge is 2.14. The summed E-state index contributed by atoms with van der Waals surface area (Å²) < 4.78 is 19.2. The van der Waals surface area contributed by atoms with Crippen LogP contribution < -0.4 is 10.5 Å². The summed E-state index contributed by atoms with van der Waals surface area (Å²) in [5.74, 6) is 0.618. The molecule has 1 aromatic carbocycles. The zero-order chi connectivity index (χ0) is 12.8. The molecule has 1 rings (SSSR count).